The van der Waals surface area contributed by atoms with Gasteiger partial charge >= 0.3 is 0 Å². The van der Waals surface area contributed by atoms with Gasteiger partial charge in [0, 0.05) is 13.6 Å². The lowest BCUT2D eigenvalue weighted by atomic mass is 10.1. The van der Waals surface area contributed by atoms with Crippen LogP contribution in [0.25, 0.3) is 5.69 Å². The Balaban J connectivity index is 1.65. The number of rotatable bonds is 8. The highest BCUT2D eigenvalue weighted by molar-refractivity contribution is 7.99. The number of ether oxygens (including phenoxy) is 2. The molecule has 0 unspecified atom stereocenters. The van der Waals surface area contributed by atoms with Crippen LogP contribution in [0.3, 0.4) is 0 Å². The van der Waals surface area contributed by atoms with Crippen molar-refractivity contribution < 1.29 is 14.3 Å². The SMILES string of the molecule is COc1ccc(CN(C)C(=O)CSc2nnnn2-c2cc(C)ccc2C)cc1OC. The fourth-order valence-electron chi connectivity index (χ4n) is 2.95. The predicted molar refractivity (Wildman–Crippen MR) is 115 cm³/mol. The molecule has 0 saturated carbocycles. The van der Waals surface area contributed by atoms with Crippen molar-refractivity contribution in [2.24, 2.45) is 0 Å². The van der Waals surface area contributed by atoms with Crippen LogP contribution in [0.1, 0.15) is 16.7 Å². The molecule has 0 bridgehead atoms. The smallest absolute Gasteiger partial charge is 0.233 e. The van der Waals surface area contributed by atoms with Gasteiger partial charge in [-0.2, -0.15) is 4.68 Å². The van der Waals surface area contributed by atoms with Crippen molar-refractivity contribution in [1.29, 1.82) is 0 Å². The highest BCUT2D eigenvalue weighted by Gasteiger charge is 2.16. The molecule has 9 heteroatoms. The summed E-state index contributed by atoms with van der Waals surface area (Å²) in [6.07, 6.45) is 0. The van der Waals surface area contributed by atoms with Gasteiger partial charge in [-0.3, -0.25) is 4.79 Å². The Morgan fingerprint density at radius 3 is 2.60 bits per heavy atom. The van der Waals surface area contributed by atoms with Gasteiger partial charge in [0.25, 0.3) is 0 Å². The molecule has 0 saturated heterocycles. The summed E-state index contributed by atoms with van der Waals surface area (Å²) in [4.78, 5) is 14.3. The van der Waals surface area contributed by atoms with Crippen molar-refractivity contribution in [1.82, 2.24) is 25.1 Å². The van der Waals surface area contributed by atoms with Crippen LogP contribution in [-0.2, 0) is 11.3 Å². The molecule has 0 aliphatic rings. The number of thioether (sulfide) groups is 1. The van der Waals surface area contributed by atoms with E-state index in [-0.39, 0.29) is 11.7 Å². The summed E-state index contributed by atoms with van der Waals surface area (Å²) in [7, 11) is 4.96. The summed E-state index contributed by atoms with van der Waals surface area (Å²) in [6.45, 7) is 4.49. The third kappa shape index (κ3) is 4.91. The summed E-state index contributed by atoms with van der Waals surface area (Å²) >= 11 is 1.31. The maximum absolute atomic E-state index is 12.7. The number of amides is 1. The standard InChI is InChI=1S/C21H25N5O3S/c1-14-6-7-15(2)17(10-14)26-21(22-23-24-26)30-13-20(27)25(3)12-16-8-9-18(28-4)19(11-16)29-5/h6-11H,12-13H2,1-5H3. The van der Waals surface area contributed by atoms with E-state index in [0.717, 1.165) is 22.4 Å². The number of nitrogens with zero attached hydrogens (tertiary/aromatic N) is 5. The molecule has 1 amide bonds. The molecule has 3 rings (SSSR count). The molecule has 0 aliphatic carbocycles. The van der Waals surface area contributed by atoms with Crippen molar-refractivity contribution >= 4 is 17.7 Å². The molecule has 0 aliphatic heterocycles. The largest absolute Gasteiger partial charge is 0.493 e. The minimum atomic E-state index is -0.0229. The Hall–Kier alpha value is -3.07. The van der Waals surface area contributed by atoms with E-state index in [2.05, 4.69) is 15.5 Å². The predicted octanol–water partition coefficient (Wildman–Crippen LogP) is 3.05. The van der Waals surface area contributed by atoms with Crippen LogP contribution >= 0.6 is 11.8 Å². The van der Waals surface area contributed by atoms with Crippen LogP contribution in [0, 0.1) is 13.8 Å². The Bertz CT molecular complexity index is 1040. The van der Waals surface area contributed by atoms with Gasteiger partial charge in [0.15, 0.2) is 11.5 Å². The van der Waals surface area contributed by atoms with Crippen LogP contribution < -0.4 is 9.47 Å². The molecule has 0 radical (unpaired) electrons. The molecule has 0 N–H and O–H groups in total. The van der Waals surface area contributed by atoms with Gasteiger partial charge in [-0.1, -0.05) is 30.0 Å². The Morgan fingerprint density at radius 1 is 1.10 bits per heavy atom. The van der Waals surface area contributed by atoms with Gasteiger partial charge in [0.05, 0.1) is 25.7 Å². The molecule has 2 aromatic carbocycles. The molecule has 1 aromatic heterocycles. The number of aromatic nitrogens is 4. The maximum Gasteiger partial charge on any atom is 0.233 e. The zero-order chi connectivity index (χ0) is 21.7. The van der Waals surface area contributed by atoms with Crippen LogP contribution in [0.4, 0.5) is 0 Å². The highest BCUT2D eigenvalue weighted by atomic mass is 32.2. The molecule has 158 valence electrons. The molecule has 0 fully saturated rings. The van der Waals surface area contributed by atoms with E-state index in [9.17, 15) is 4.79 Å². The van der Waals surface area contributed by atoms with E-state index in [1.807, 2.05) is 50.2 Å². The Labute approximate surface area is 180 Å². The molecule has 3 aromatic rings. The monoisotopic (exact) mass is 427 g/mol. The summed E-state index contributed by atoms with van der Waals surface area (Å²) in [6, 6.07) is 11.7. The van der Waals surface area contributed by atoms with Crippen molar-refractivity contribution in [2.75, 3.05) is 27.0 Å². The second-order valence-corrected chi connectivity index (χ2v) is 7.83. The van der Waals surface area contributed by atoms with Gasteiger partial charge in [0.2, 0.25) is 11.1 Å². The normalized spacial score (nSPS) is 10.7. The number of carbonyl (C=O) groups is 1. The average Bonchev–Trinajstić information content (AvgIpc) is 3.21. The van der Waals surface area contributed by atoms with E-state index in [1.165, 1.54) is 11.8 Å². The maximum atomic E-state index is 12.7. The lowest BCUT2D eigenvalue weighted by Crippen LogP contribution is -2.28. The van der Waals surface area contributed by atoms with Gasteiger partial charge in [-0.25, -0.2) is 0 Å². The first-order valence-corrected chi connectivity index (χ1v) is 10.3. The Morgan fingerprint density at radius 2 is 1.87 bits per heavy atom. The van der Waals surface area contributed by atoms with Gasteiger partial charge < -0.3 is 14.4 Å². The molecule has 0 spiro atoms. The average molecular weight is 428 g/mol. The van der Waals surface area contributed by atoms with Crippen LogP contribution in [0.5, 0.6) is 11.5 Å². The minimum Gasteiger partial charge on any atom is -0.493 e. The van der Waals surface area contributed by atoms with Gasteiger partial charge in [-0.05, 0) is 59.2 Å². The second kappa shape index (κ2) is 9.62. The molecular formula is C21H25N5O3S. The number of tetrazole rings is 1. The minimum absolute atomic E-state index is 0.0229. The first kappa shape index (κ1) is 21.6. The topological polar surface area (TPSA) is 82.4 Å². The fraction of sp³-hybridized carbons (Fsp3) is 0.333. The van der Waals surface area contributed by atoms with E-state index < -0.39 is 0 Å². The molecule has 30 heavy (non-hydrogen) atoms. The van der Waals surface area contributed by atoms with Crippen molar-refractivity contribution in [3.05, 3.63) is 53.1 Å². The quantitative estimate of drug-likeness (QED) is 0.511. The number of carbonyl (C=O) groups excluding carboxylic acids is 1. The fourth-order valence-corrected chi connectivity index (χ4v) is 3.77. The lowest BCUT2D eigenvalue weighted by Gasteiger charge is -2.18. The molecule has 8 nitrogen and oxygen atoms in total. The van der Waals surface area contributed by atoms with Crippen LogP contribution in [-0.4, -0.2) is 58.0 Å². The third-order valence-corrected chi connectivity index (χ3v) is 5.56. The number of benzene rings is 2. The highest BCUT2D eigenvalue weighted by Crippen LogP contribution is 2.28. The zero-order valence-corrected chi connectivity index (χ0v) is 18.6. The number of hydrogen-bond acceptors (Lipinski definition) is 7. The summed E-state index contributed by atoms with van der Waals surface area (Å²) in [5, 5.41) is 12.5. The van der Waals surface area contributed by atoms with Crippen molar-refractivity contribution in [3.63, 3.8) is 0 Å². The second-order valence-electron chi connectivity index (χ2n) is 6.89. The first-order chi connectivity index (χ1) is 14.4. The van der Waals surface area contributed by atoms with Crippen LogP contribution in [0.15, 0.2) is 41.6 Å². The number of hydrogen-bond donors (Lipinski definition) is 0. The van der Waals surface area contributed by atoms with Crippen molar-refractivity contribution in [2.45, 2.75) is 25.5 Å². The summed E-state index contributed by atoms with van der Waals surface area (Å²) < 4.78 is 12.3. The van der Waals surface area contributed by atoms with E-state index in [4.69, 9.17) is 9.47 Å². The van der Waals surface area contributed by atoms with E-state index >= 15 is 0 Å². The molecular weight excluding hydrogens is 402 g/mol. The van der Waals surface area contributed by atoms with E-state index in [1.54, 1.807) is 30.8 Å². The van der Waals surface area contributed by atoms with Gasteiger partial charge in [-0.15, -0.1) is 5.10 Å². The van der Waals surface area contributed by atoms with E-state index in [0.29, 0.717) is 23.2 Å². The van der Waals surface area contributed by atoms with Crippen molar-refractivity contribution in [3.8, 4) is 17.2 Å². The zero-order valence-electron chi connectivity index (χ0n) is 17.7. The number of methoxy groups -OCH3 is 2. The first-order valence-electron chi connectivity index (χ1n) is 9.36. The lowest BCUT2D eigenvalue weighted by molar-refractivity contribution is -0.127. The summed E-state index contributed by atoms with van der Waals surface area (Å²) in [5.74, 6) is 1.50. The summed E-state index contributed by atoms with van der Waals surface area (Å²) in [5.41, 5.74) is 4.04. The Kier molecular flexibility index (Phi) is 6.94. The van der Waals surface area contributed by atoms with Gasteiger partial charge in [0.1, 0.15) is 0 Å². The molecule has 1 heterocycles. The third-order valence-electron chi connectivity index (χ3n) is 4.65. The molecule has 0 atom stereocenters. The van der Waals surface area contributed by atoms with Crippen LogP contribution in [0.2, 0.25) is 0 Å². The number of aryl methyl sites for hydroxylation is 2.